The van der Waals surface area contributed by atoms with E-state index in [-0.39, 0.29) is 12.6 Å². The molecule has 0 spiro atoms. The van der Waals surface area contributed by atoms with E-state index in [9.17, 15) is 18.0 Å². The number of rotatable bonds is 3. The standard InChI is InChI=1S/C21H24F3N3O/c1-15-4-3-5-19(16(15)2)26-10-12-27(13-11-26)20(28)25-14-17-6-8-18(9-7-17)21(22,23)24/h3-9H,10-14H2,1-2H3,(H,25,28). The lowest BCUT2D eigenvalue weighted by atomic mass is 10.1. The maximum atomic E-state index is 12.6. The van der Waals surface area contributed by atoms with Gasteiger partial charge in [0.2, 0.25) is 0 Å². The molecule has 2 amide bonds. The van der Waals surface area contributed by atoms with Gasteiger partial charge in [-0.1, -0.05) is 24.3 Å². The number of piperazine rings is 1. The average molecular weight is 391 g/mol. The number of anilines is 1. The van der Waals surface area contributed by atoms with Crippen LogP contribution in [-0.2, 0) is 12.7 Å². The van der Waals surface area contributed by atoms with E-state index in [1.54, 1.807) is 4.90 Å². The second-order valence-corrected chi connectivity index (χ2v) is 7.05. The fourth-order valence-corrected chi connectivity index (χ4v) is 3.33. The number of amides is 2. The number of benzene rings is 2. The smallest absolute Gasteiger partial charge is 0.368 e. The predicted molar refractivity (Wildman–Crippen MR) is 103 cm³/mol. The molecular weight excluding hydrogens is 367 g/mol. The quantitative estimate of drug-likeness (QED) is 0.844. The van der Waals surface area contributed by atoms with Crippen LogP contribution in [0.2, 0.25) is 0 Å². The van der Waals surface area contributed by atoms with Gasteiger partial charge in [0, 0.05) is 38.4 Å². The summed E-state index contributed by atoms with van der Waals surface area (Å²) in [5.41, 5.74) is 3.64. The third-order valence-electron chi connectivity index (χ3n) is 5.21. The highest BCUT2D eigenvalue weighted by atomic mass is 19.4. The van der Waals surface area contributed by atoms with Crippen LogP contribution in [0.1, 0.15) is 22.3 Å². The molecule has 0 aromatic heterocycles. The molecule has 2 aromatic carbocycles. The summed E-state index contributed by atoms with van der Waals surface area (Å²) in [6, 6.07) is 10.9. The molecule has 1 heterocycles. The molecule has 7 heteroatoms. The van der Waals surface area contributed by atoms with Crippen molar-refractivity contribution in [1.82, 2.24) is 10.2 Å². The normalized spacial score (nSPS) is 14.9. The van der Waals surface area contributed by atoms with Gasteiger partial charge < -0.3 is 15.1 Å². The summed E-state index contributed by atoms with van der Waals surface area (Å²) in [6.07, 6.45) is -4.35. The first-order chi connectivity index (χ1) is 13.3. The fraction of sp³-hybridized carbons (Fsp3) is 0.381. The van der Waals surface area contributed by atoms with Crippen LogP contribution < -0.4 is 10.2 Å². The molecular formula is C21H24F3N3O. The number of nitrogens with one attached hydrogen (secondary N) is 1. The molecule has 150 valence electrons. The summed E-state index contributed by atoms with van der Waals surface area (Å²) in [6.45, 7) is 7.10. The number of alkyl halides is 3. The van der Waals surface area contributed by atoms with Gasteiger partial charge in [0.1, 0.15) is 0 Å². The van der Waals surface area contributed by atoms with Crippen molar-refractivity contribution in [1.29, 1.82) is 0 Å². The van der Waals surface area contributed by atoms with Crippen LogP contribution in [0.5, 0.6) is 0 Å². The third kappa shape index (κ3) is 4.58. The minimum absolute atomic E-state index is 0.194. The Balaban J connectivity index is 1.51. The SMILES string of the molecule is Cc1cccc(N2CCN(C(=O)NCc3ccc(C(F)(F)F)cc3)CC2)c1C. The summed E-state index contributed by atoms with van der Waals surface area (Å²) in [7, 11) is 0. The minimum atomic E-state index is -4.35. The lowest BCUT2D eigenvalue weighted by Gasteiger charge is -2.37. The number of aryl methyl sites for hydroxylation is 1. The van der Waals surface area contributed by atoms with Crippen LogP contribution in [0.15, 0.2) is 42.5 Å². The zero-order chi connectivity index (χ0) is 20.3. The Morgan fingerprint density at radius 1 is 1.00 bits per heavy atom. The first-order valence-corrected chi connectivity index (χ1v) is 9.26. The van der Waals surface area contributed by atoms with Gasteiger partial charge in [0.15, 0.2) is 0 Å². The summed E-state index contributed by atoms with van der Waals surface area (Å²) in [5.74, 6) is 0. The average Bonchev–Trinajstić information content (AvgIpc) is 2.68. The van der Waals surface area contributed by atoms with Crippen LogP contribution in [0.25, 0.3) is 0 Å². The van der Waals surface area contributed by atoms with Gasteiger partial charge in [-0.05, 0) is 48.7 Å². The molecule has 0 atom stereocenters. The number of halogens is 3. The van der Waals surface area contributed by atoms with Crippen molar-refractivity contribution in [3.8, 4) is 0 Å². The van der Waals surface area contributed by atoms with E-state index in [1.165, 1.54) is 28.9 Å². The van der Waals surface area contributed by atoms with Gasteiger partial charge in [0.25, 0.3) is 0 Å². The summed E-state index contributed by atoms with van der Waals surface area (Å²) in [4.78, 5) is 16.4. The van der Waals surface area contributed by atoms with Crippen LogP contribution in [0.3, 0.4) is 0 Å². The number of hydrogen-bond donors (Lipinski definition) is 1. The van der Waals surface area contributed by atoms with E-state index in [4.69, 9.17) is 0 Å². The topological polar surface area (TPSA) is 35.6 Å². The molecule has 1 N–H and O–H groups in total. The maximum Gasteiger partial charge on any atom is 0.416 e. The van der Waals surface area contributed by atoms with Gasteiger partial charge in [-0.3, -0.25) is 0 Å². The Morgan fingerprint density at radius 2 is 1.64 bits per heavy atom. The van der Waals surface area contributed by atoms with E-state index >= 15 is 0 Å². The van der Waals surface area contributed by atoms with E-state index in [0.717, 1.165) is 25.2 Å². The first kappa shape index (κ1) is 20.0. The third-order valence-corrected chi connectivity index (χ3v) is 5.21. The molecule has 1 fully saturated rings. The molecule has 0 bridgehead atoms. The predicted octanol–water partition coefficient (Wildman–Crippen LogP) is 4.35. The molecule has 3 rings (SSSR count). The Labute approximate surface area is 162 Å². The molecule has 2 aromatic rings. The monoisotopic (exact) mass is 391 g/mol. The number of carbonyl (C=O) groups excluding carboxylic acids is 1. The highest BCUT2D eigenvalue weighted by Gasteiger charge is 2.30. The zero-order valence-corrected chi connectivity index (χ0v) is 16.0. The molecule has 1 saturated heterocycles. The highest BCUT2D eigenvalue weighted by Crippen LogP contribution is 2.29. The maximum absolute atomic E-state index is 12.6. The molecule has 0 radical (unpaired) electrons. The Hall–Kier alpha value is -2.70. The van der Waals surface area contributed by atoms with E-state index < -0.39 is 11.7 Å². The van der Waals surface area contributed by atoms with E-state index in [0.29, 0.717) is 18.7 Å². The summed E-state index contributed by atoms with van der Waals surface area (Å²) >= 11 is 0. The van der Waals surface area contributed by atoms with Crippen molar-refractivity contribution in [2.24, 2.45) is 0 Å². The Bertz CT molecular complexity index is 826. The van der Waals surface area contributed by atoms with Crippen LogP contribution in [0, 0.1) is 13.8 Å². The van der Waals surface area contributed by atoms with Crippen molar-refractivity contribution < 1.29 is 18.0 Å². The molecule has 0 unspecified atom stereocenters. The first-order valence-electron chi connectivity index (χ1n) is 9.26. The van der Waals surface area contributed by atoms with Crippen molar-refractivity contribution in [2.45, 2.75) is 26.6 Å². The second kappa shape index (κ2) is 8.12. The number of urea groups is 1. The van der Waals surface area contributed by atoms with Crippen LogP contribution in [-0.4, -0.2) is 37.1 Å². The molecule has 4 nitrogen and oxygen atoms in total. The van der Waals surface area contributed by atoms with Gasteiger partial charge in [-0.2, -0.15) is 13.2 Å². The minimum Gasteiger partial charge on any atom is -0.368 e. The molecule has 1 aliphatic rings. The van der Waals surface area contributed by atoms with Gasteiger partial charge in [-0.15, -0.1) is 0 Å². The van der Waals surface area contributed by atoms with Gasteiger partial charge in [-0.25, -0.2) is 4.79 Å². The van der Waals surface area contributed by atoms with Crippen LogP contribution in [0.4, 0.5) is 23.7 Å². The lowest BCUT2D eigenvalue weighted by Crippen LogP contribution is -2.51. The number of hydrogen-bond acceptors (Lipinski definition) is 2. The molecule has 28 heavy (non-hydrogen) atoms. The summed E-state index contributed by atoms with van der Waals surface area (Å²) < 4.78 is 37.8. The molecule has 0 aliphatic carbocycles. The Morgan fingerprint density at radius 3 is 2.25 bits per heavy atom. The Kier molecular flexibility index (Phi) is 5.82. The number of carbonyl (C=O) groups is 1. The largest absolute Gasteiger partial charge is 0.416 e. The fourth-order valence-electron chi connectivity index (χ4n) is 3.33. The van der Waals surface area contributed by atoms with E-state index in [1.807, 2.05) is 6.07 Å². The molecule has 0 saturated carbocycles. The van der Waals surface area contributed by atoms with Crippen molar-refractivity contribution in [3.05, 3.63) is 64.7 Å². The van der Waals surface area contributed by atoms with Crippen molar-refractivity contribution in [3.63, 3.8) is 0 Å². The van der Waals surface area contributed by atoms with Crippen molar-refractivity contribution >= 4 is 11.7 Å². The van der Waals surface area contributed by atoms with Gasteiger partial charge in [0.05, 0.1) is 5.56 Å². The van der Waals surface area contributed by atoms with Gasteiger partial charge >= 0.3 is 12.2 Å². The molecule has 1 aliphatic heterocycles. The number of nitrogens with zero attached hydrogens (tertiary/aromatic N) is 2. The van der Waals surface area contributed by atoms with Crippen LogP contribution >= 0.6 is 0 Å². The second-order valence-electron chi connectivity index (χ2n) is 7.05. The highest BCUT2D eigenvalue weighted by molar-refractivity contribution is 5.74. The van der Waals surface area contributed by atoms with E-state index in [2.05, 4.69) is 36.2 Å². The lowest BCUT2D eigenvalue weighted by molar-refractivity contribution is -0.137. The summed E-state index contributed by atoms with van der Waals surface area (Å²) in [5, 5.41) is 2.79. The van der Waals surface area contributed by atoms with Crippen molar-refractivity contribution in [2.75, 3.05) is 31.1 Å². The zero-order valence-electron chi connectivity index (χ0n) is 16.0.